The van der Waals surface area contributed by atoms with E-state index >= 15 is 0 Å². The van der Waals surface area contributed by atoms with Crippen LogP contribution in [0.1, 0.15) is 18.9 Å². The smallest absolute Gasteiger partial charge is 0.422 e. The van der Waals surface area contributed by atoms with Gasteiger partial charge < -0.3 is 10.1 Å². The number of hydrogen-bond acceptors (Lipinski definition) is 6. The predicted molar refractivity (Wildman–Crippen MR) is 82.0 cm³/mol. The van der Waals surface area contributed by atoms with Crippen molar-refractivity contribution in [1.82, 2.24) is 19.9 Å². The summed E-state index contributed by atoms with van der Waals surface area (Å²) in [6.07, 6.45) is 0.496. The van der Waals surface area contributed by atoms with Gasteiger partial charge in [0.2, 0.25) is 11.2 Å². The van der Waals surface area contributed by atoms with Crippen LogP contribution in [0.3, 0.4) is 0 Å². The molecule has 2 aromatic rings. The van der Waals surface area contributed by atoms with Gasteiger partial charge in [0, 0.05) is 18.4 Å². The van der Waals surface area contributed by atoms with Crippen molar-refractivity contribution < 1.29 is 17.9 Å². The molecule has 6 nitrogen and oxygen atoms in total. The molecule has 130 valence electrons. The van der Waals surface area contributed by atoms with Crippen LogP contribution in [0.15, 0.2) is 24.5 Å². The lowest BCUT2D eigenvalue weighted by Crippen LogP contribution is -2.22. The van der Waals surface area contributed by atoms with Gasteiger partial charge in [-0.1, -0.05) is 0 Å². The quantitative estimate of drug-likeness (QED) is 0.815. The highest BCUT2D eigenvalue weighted by Gasteiger charge is 2.29. The molecule has 0 amide bonds. The van der Waals surface area contributed by atoms with E-state index in [0.717, 1.165) is 18.4 Å². The highest BCUT2D eigenvalue weighted by Crippen LogP contribution is 2.18. The third-order valence-corrected chi connectivity index (χ3v) is 3.11. The second-order valence-corrected chi connectivity index (χ2v) is 5.39. The first-order valence-electron chi connectivity index (χ1n) is 7.08. The summed E-state index contributed by atoms with van der Waals surface area (Å²) >= 11 is 5.69. The van der Waals surface area contributed by atoms with E-state index < -0.39 is 18.8 Å². The number of nitrogens with one attached hydrogen (secondary N) is 1. The molecule has 2 heterocycles. The van der Waals surface area contributed by atoms with Crippen LogP contribution >= 0.6 is 11.6 Å². The first-order chi connectivity index (χ1) is 11.3. The van der Waals surface area contributed by atoms with Crippen LogP contribution in [0.25, 0.3) is 0 Å². The van der Waals surface area contributed by atoms with Crippen molar-refractivity contribution in [2.75, 3.05) is 11.9 Å². The lowest BCUT2D eigenvalue weighted by molar-refractivity contribution is -0.154. The Morgan fingerprint density at radius 2 is 1.92 bits per heavy atom. The maximum atomic E-state index is 12.2. The van der Waals surface area contributed by atoms with E-state index in [4.69, 9.17) is 11.6 Å². The van der Waals surface area contributed by atoms with E-state index in [2.05, 4.69) is 30.0 Å². The minimum Gasteiger partial charge on any atom is -0.454 e. The van der Waals surface area contributed by atoms with E-state index in [1.54, 1.807) is 12.4 Å². The number of aromatic nitrogens is 4. The van der Waals surface area contributed by atoms with E-state index in [1.807, 2.05) is 19.1 Å². The minimum atomic E-state index is -4.48. The van der Waals surface area contributed by atoms with Gasteiger partial charge in [-0.05, 0) is 49.1 Å². The molecular formula is C14H15ClF3N5O. The number of anilines is 1. The van der Waals surface area contributed by atoms with Crippen LogP contribution in [0, 0.1) is 0 Å². The summed E-state index contributed by atoms with van der Waals surface area (Å²) in [6.45, 7) is 0.402. The molecule has 0 saturated heterocycles. The fourth-order valence-electron chi connectivity index (χ4n) is 1.83. The van der Waals surface area contributed by atoms with Crippen LogP contribution in [-0.2, 0) is 6.42 Å². The number of hydrogen-bond donors (Lipinski definition) is 1. The number of rotatable bonds is 7. The molecule has 0 bridgehead atoms. The topological polar surface area (TPSA) is 72.8 Å². The summed E-state index contributed by atoms with van der Waals surface area (Å²) in [4.78, 5) is 15.1. The van der Waals surface area contributed by atoms with Crippen LogP contribution in [0.5, 0.6) is 6.01 Å². The molecule has 0 fully saturated rings. The molecule has 10 heteroatoms. The van der Waals surface area contributed by atoms with Gasteiger partial charge in [0.05, 0.1) is 0 Å². The number of pyridine rings is 1. The number of nitrogens with zero attached hydrogens (tertiary/aromatic N) is 4. The van der Waals surface area contributed by atoms with Crippen LogP contribution in [0.4, 0.5) is 19.1 Å². The van der Waals surface area contributed by atoms with Crippen molar-refractivity contribution in [2.45, 2.75) is 32.0 Å². The Balaban J connectivity index is 1.92. The highest BCUT2D eigenvalue weighted by atomic mass is 35.5. The van der Waals surface area contributed by atoms with Gasteiger partial charge in [0.25, 0.3) is 0 Å². The van der Waals surface area contributed by atoms with Crippen molar-refractivity contribution >= 4 is 17.5 Å². The Morgan fingerprint density at radius 1 is 1.21 bits per heavy atom. The summed E-state index contributed by atoms with van der Waals surface area (Å²) in [5.74, 6) is 0.0643. The predicted octanol–water partition coefficient (Wildman–Crippen LogP) is 3.29. The van der Waals surface area contributed by atoms with Crippen molar-refractivity contribution in [2.24, 2.45) is 0 Å². The van der Waals surface area contributed by atoms with E-state index in [0.29, 0.717) is 0 Å². The van der Waals surface area contributed by atoms with E-state index in [9.17, 15) is 13.2 Å². The van der Waals surface area contributed by atoms with Crippen molar-refractivity contribution in [3.63, 3.8) is 0 Å². The molecule has 2 aromatic heterocycles. The zero-order valence-electron chi connectivity index (χ0n) is 12.7. The molecular weight excluding hydrogens is 347 g/mol. The second-order valence-electron chi connectivity index (χ2n) is 5.05. The first kappa shape index (κ1) is 18.2. The fraction of sp³-hybridized carbons (Fsp3) is 0.429. The van der Waals surface area contributed by atoms with Crippen molar-refractivity contribution in [1.29, 1.82) is 0 Å². The van der Waals surface area contributed by atoms with Gasteiger partial charge in [-0.3, -0.25) is 4.98 Å². The SMILES string of the molecule is CC(CCc1ccncc1)Nc1nc(Cl)nc(OCC(F)(F)F)n1. The molecule has 0 radical (unpaired) electrons. The van der Waals surface area contributed by atoms with Gasteiger partial charge in [0.1, 0.15) is 0 Å². The third kappa shape index (κ3) is 6.53. The first-order valence-corrected chi connectivity index (χ1v) is 7.46. The number of ether oxygens (including phenoxy) is 1. The summed E-state index contributed by atoms with van der Waals surface area (Å²) in [5.41, 5.74) is 1.13. The molecule has 0 aliphatic heterocycles. The normalized spacial score (nSPS) is 12.7. The maximum Gasteiger partial charge on any atom is 0.422 e. The third-order valence-electron chi connectivity index (χ3n) is 2.94. The van der Waals surface area contributed by atoms with Gasteiger partial charge in [-0.15, -0.1) is 0 Å². The Bertz CT molecular complexity index is 657. The Kier molecular flexibility index (Phi) is 6.13. The Morgan fingerprint density at radius 3 is 2.58 bits per heavy atom. The Labute approximate surface area is 141 Å². The lowest BCUT2D eigenvalue weighted by atomic mass is 10.1. The van der Waals surface area contributed by atoms with Crippen molar-refractivity contribution in [3.8, 4) is 6.01 Å². The van der Waals surface area contributed by atoms with Crippen LogP contribution < -0.4 is 10.1 Å². The van der Waals surface area contributed by atoms with E-state index in [1.165, 1.54) is 0 Å². The summed E-state index contributed by atoms with van der Waals surface area (Å²) in [5, 5.41) is 2.72. The molecule has 1 atom stereocenters. The van der Waals surface area contributed by atoms with Crippen LogP contribution in [-0.4, -0.2) is 38.8 Å². The minimum absolute atomic E-state index is 0.0351. The van der Waals surface area contributed by atoms with Gasteiger partial charge >= 0.3 is 12.2 Å². The van der Waals surface area contributed by atoms with E-state index in [-0.39, 0.29) is 17.3 Å². The molecule has 0 aliphatic rings. The standard InChI is InChI=1S/C14H15ClF3N5O/c1-9(2-3-10-4-6-19-7-5-10)20-12-21-11(15)22-13(23-12)24-8-14(16,17)18/h4-7,9H,2-3,8H2,1H3,(H,20,21,22,23). The molecule has 0 aliphatic carbocycles. The molecule has 0 spiro atoms. The molecule has 0 saturated carbocycles. The maximum absolute atomic E-state index is 12.2. The number of alkyl halides is 3. The van der Waals surface area contributed by atoms with Gasteiger partial charge in [-0.2, -0.15) is 28.1 Å². The monoisotopic (exact) mass is 361 g/mol. The average molecular weight is 362 g/mol. The zero-order valence-corrected chi connectivity index (χ0v) is 13.5. The number of aryl methyl sites for hydroxylation is 1. The molecule has 2 rings (SSSR count). The summed E-state index contributed by atoms with van der Waals surface area (Å²) in [6, 6.07) is 3.31. The van der Waals surface area contributed by atoms with Crippen LogP contribution in [0.2, 0.25) is 5.28 Å². The molecule has 24 heavy (non-hydrogen) atoms. The fourth-order valence-corrected chi connectivity index (χ4v) is 1.98. The Hall–Kier alpha value is -2.16. The molecule has 1 unspecified atom stereocenters. The van der Waals surface area contributed by atoms with Gasteiger partial charge in [0.15, 0.2) is 6.61 Å². The summed E-state index contributed by atoms with van der Waals surface area (Å²) in [7, 11) is 0. The molecule has 1 N–H and O–H groups in total. The van der Waals surface area contributed by atoms with Gasteiger partial charge in [-0.25, -0.2) is 0 Å². The zero-order chi connectivity index (χ0) is 17.6. The molecule has 0 aromatic carbocycles. The van der Waals surface area contributed by atoms with Crippen molar-refractivity contribution in [3.05, 3.63) is 35.4 Å². The second kappa shape index (κ2) is 8.09. The largest absolute Gasteiger partial charge is 0.454 e. The highest BCUT2D eigenvalue weighted by molar-refractivity contribution is 6.28. The average Bonchev–Trinajstić information content (AvgIpc) is 2.51. The number of halogens is 4. The lowest BCUT2D eigenvalue weighted by Gasteiger charge is -2.14. The summed E-state index contributed by atoms with van der Waals surface area (Å²) < 4.78 is 41.0.